The Labute approximate surface area is 208 Å². The Bertz CT molecular complexity index is 847. The second kappa shape index (κ2) is 12.3. The number of likely N-dealkylation sites (tertiary alicyclic amines) is 1. The van der Waals surface area contributed by atoms with Crippen molar-refractivity contribution in [3.05, 3.63) is 35.6 Å². The van der Waals surface area contributed by atoms with Gasteiger partial charge >= 0.3 is 0 Å². The highest BCUT2D eigenvalue weighted by Gasteiger charge is 2.42. The number of carbonyl (C=O) groups is 2. The van der Waals surface area contributed by atoms with E-state index in [1.807, 2.05) is 12.1 Å². The number of hydrogen-bond donors (Lipinski definition) is 2. The van der Waals surface area contributed by atoms with Gasteiger partial charge in [0.05, 0.1) is 0 Å². The first-order valence-electron chi connectivity index (χ1n) is 13.2. The topological polar surface area (TPSA) is 87.9 Å². The number of nitrogens with one attached hydrogen (secondary N) is 1. The molecule has 1 aliphatic heterocycles. The molecular weight excluding hydrogens is 447 g/mol. The van der Waals surface area contributed by atoms with E-state index in [2.05, 4.69) is 10.2 Å². The van der Waals surface area contributed by atoms with Crippen LogP contribution in [0.5, 0.6) is 0 Å². The Morgan fingerprint density at radius 1 is 1.09 bits per heavy atom. The summed E-state index contributed by atoms with van der Waals surface area (Å²) < 4.78 is 18.5. The van der Waals surface area contributed by atoms with Gasteiger partial charge in [0.25, 0.3) is 0 Å². The number of ether oxygens (including phenoxy) is 1. The van der Waals surface area contributed by atoms with Gasteiger partial charge in [-0.1, -0.05) is 18.6 Å². The van der Waals surface area contributed by atoms with Crippen molar-refractivity contribution in [3.63, 3.8) is 0 Å². The second-order valence-corrected chi connectivity index (χ2v) is 10.6. The van der Waals surface area contributed by atoms with Crippen LogP contribution < -0.4 is 11.1 Å². The molecule has 1 saturated heterocycles. The molecule has 1 aromatic carbocycles. The molecule has 194 valence electrons. The van der Waals surface area contributed by atoms with Gasteiger partial charge in [0, 0.05) is 38.8 Å². The molecule has 3 fully saturated rings. The van der Waals surface area contributed by atoms with Crippen LogP contribution in [0.4, 0.5) is 4.39 Å². The first kappa shape index (κ1) is 26.0. The van der Waals surface area contributed by atoms with Crippen molar-refractivity contribution < 1.29 is 18.7 Å². The molecule has 0 aromatic heterocycles. The summed E-state index contributed by atoms with van der Waals surface area (Å²) in [6.07, 6.45) is 8.22. The number of amides is 2. The Morgan fingerprint density at radius 3 is 2.51 bits per heavy atom. The van der Waals surface area contributed by atoms with Crippen molar-refractivity contribution >= 4 is 11.8 Å². The molecule has 2 aliphatic carbocycles. The lowest BCUT2D eigenvalue weighted by Crippen LogP contribution is -2.58. The van der Waals surface area contributed by atoms with Crippen molar-refractivity contribution in [2.24, 2.45) is 17.6 Å². The molecule has 7 nitrogen and oxygen atoms in total. The lowest BCUT2D eigenvalue weighted by molar-refractivity contribution is -0.146. The molecule has 1 heterocycles. The number of halogens is 1. The monoisotopic (exact) mass is 488 g/mol. The molecule has 2 amide bonds. The Balaban J connectivity index is 1.43. The maximum absolute atomic E-state index is 13.4. The summed E-state index contributed by atoms with van der Waals surface area (Å²) in [7, 11) is 1.51. The smallest absolute Gasteiger partial charge is 0.249 e. The number of nitrogens with two attached hydrogens (primary N) is 1. The number of hydrogen-bond acceptors (Lipinski definition) is 5. The van der Waals surface area contributed by atoms with E-state index in [1.54, 1.807) is 4.90 Å². The van der Waals surface area contributed by atoms with Crippen molar-refractivity contribution in [1.29, 1.82) is 0 Å². The predicted octanol–water partition coefficient (Wildman–Crippen LogP) is 2.68. The third-order valence-electron chi connectivity index (χ3n) is 8.02. The highest BCUT2D eigenvalue weighted by molar-refractivity contribution is 5.88. The van der Waals surface area contributed by atoms with Crippen LogP contribution in [-0.4, -0.2) is 73.1 Å². The molecular formula is C27H41FN4O3. The standard InChI is InChI=1S/C27H41FN4O3/c1-35-18-26(33)31-12-11-24(32(23-9-10-23)17-19-5-7-22(28)8-6-19)14-25(31)27(34)30-16-21-4-2-3-20(13-21)15-29/h5-8,20-21,23-25H,2-4,9-18,29H2,1H3,(H,30,34)/t20?,21?,24?,25-/m1/s1. The number of rotatable bonds is 10. The summed E-state index contributed by atoms with van der Waals surface area (Å²) in [6.45, 7) is 2.61. The third-order valence-corrected chi connectivity index (χ3v) is 8.02. The van der Waals surface area contributed by atoms with E-state index in [0.717, 1.165) is 50.6 Å². The van der Waals surface area contributed by atoms with Crippen molar-refractivity contribution in [1.82, 2.24) is 15.1 Å². The fourth-order valence-electron chi connectivity index (χ4n) is 5.93. The maximum Gasteiger partial charge on any atom is 0.249 e. The first-order chi connectivity index (χ1) is 17.0. The largest absolute Gasteiger partial charge is 0.375 e. The molecule has 0 radical (unpaired) electrons. The quantitative estimate of drug-likeness (QED) is 0.529. The van der Waals surface area contributed by atoms with Gasteiger partial charge in [-0.25, -0.2) is 4.39 Å². The van der Waals surface area contributed by atoms with Crippen LogP contribution in [0.2, 0.25) is 0 Å². The van der Waals surface area contributed by atoms with Gasteiger partial charge in [0.1, 0.15) is 18.5 Å². The fraction of sp³-hybridized carbons (Fsp3) is 0.704. The highest BCUT2D eigenvalue weighted by Crippen LogP contribution is 2.35. The summed E-state index contributed by atoms with van der Waals surface area (Å²) >= 11 is 0. The molecule has 1 aromatic rings. The van der Waals surface area contributed by atoms with Crippen molar-refractivity contribution in [3.8, 4) is 0 Å². The van der Waals surface area contributed by atoms with Gasteiger partial charge in [0.2, 0.25) is 11.8 Å². The van der Waals surface area contributed by atoms with Crippen LogP contribution in [-0.2, 0) is 20.9 Å². The maximum atomic E-state index is 13.4. The highest BCUT2D eigenvalue weighted by atomic mass is 19.1. The average molecular weight is 489 g/mol. The van der Waals surface area contributed by atoms with E-state index in [9.17, 15) is 14.0 Å². The molecule has 0 bridgehead atoms. The molecule has 8 heteroatoms. The molecule has 2 saturated carbocycles. The molecule has 4 atom stereocenters. The van der Waals surface area contributed by atoms with Crippen LogP contribution in [0.3, 0.4) is 0 Å². The molecule has 35 heavy (non-hydrogen) atoms. The molecule has 3 unspecified atom stereocenters. The van der Waals surface area contributed by atoms with Gasteiger partial charge < -0.3 is 20.7 Å². The van der Waals surface area contributed by atoms with Gasteiger partial charge in [-0.2, -0.15) is 0 Å². The minimum Gasteiger partial charge on any atom is -0.375 e. The van der Waals surface area contributed by atoms with Gasteiger partial charge in [0.15, 0.2) is 0 Å². The zero-order valence-corrected chi connectivity index (χ0v) is 21.0. The van der Waals surface area contributed by atoms with Crippen LogP contribution >= 0.6 is 0 Å². The lowest BCUT2D eigenvalue weighted by atomic mass is 9.81. The molecule has 4 rings (SSSR count). The lowest BCUT2D eigenvalue weighted by Gasteiger charge is -2.43. The first-order valence-corrected chi connectivity index (χ1v) is 13.2. The SMILES string of the molecule is COCC(=O)N1CCC(N(Cc2ccc(F)cc2)C2CC2)C[C@@H]1C(=O)NCC1CCCC(CN)C1. The van der Waals surface area contributed by atoms with E-state index in [-0.39, 0.29) is 30.3 Å². The number of benzene rings is 1. The van der Waals surface area contributed by atoms with Crippen LogP contribution in [0.15, 0.2) is 24.3 Å². The van der Waals surface area contributed by atoms with Gasteiger partial charge in [-0.3, -0.25) is 14.5 Å². The average Bonchev–Trinajstić information content (AvgIpc) is 3.72. The third kappa shape index (κ3) is 7.02. The number of methoxy groups -OCH3 is 1. The van der Waals surface area contributed by atoms with E-state index >= 15 is 0 Å². The predicted molar refractivity (Wildman–Crippen MR) is 133 cm³/mol. The summed E-state index contributed by atoms with van der Waals surface area (Å²) in [4.78, 5) is 30.4. The molecule has 3 aliphatic rings. The van der Waals surface area contributed by atoms with Crippen molar-refractivity contribution in [2.45, 2.75) is 76.0 Å². The van der Waals surface area contributed by atoms with E-state index in [1.165, 1.54) is 25.7 Å². The minimum absolute atomic E-state index is 0.0167. The molecule has 0 spiro atoms. The van der Waals surface area contributed by atoms with Crippen LogP contribution in [0, 0.1) is 17.7 Å². The summed E-state index contributed by atoms with van der Waals surface area (Å²) in [5.74, 6) is 0.562. The van der Waals surface area contributed by atoms with Gasteiger partial charge in [-0.05, 0) is 81.0 Å². The number of carbonyl (C=O) groups excluding carboxylic acids is 2. The van der Waals surface area contributed by atoms with Crippen LogP contribution in [0.25, 0.3) is 0 Å². The van der Waals surface area contributed by atoms with E-state index in [4.69, 9.17) is 10.5 Å². The zero-order chi connectivity index (χ0) is 24.8. The Hall–Kier alpha value is -2.03. The van der Waals surface area contributed by atoms with Crippen molar-refractivity contribution in [2.75, 3.05) is 33.4 Å². The Kier molecular flexibility index (Phi) is 9.14. The van der Waals surface area contributed by atoms with Crippen LogP contribution in [0.1, 0.15) is 56.9 Å². The molecule has 3 N–H and O–H groups in total. The van der Waals surface area contributed by atoms with Gasteiger partial charge in [-0.15, -0.1) is 0 Å². The van der Waals surface area contributed by atoms with E-state index in [0.29, 0.717) is 43.9 Å². The fourth-order valence-corrected chi connectivity index (χ4v) is 5.93. The number of piperidine rings is 1. The second-order valence-electron chi connectivity index (χ2n) is 10.6. The summed E-state index contributed by atoms with van der Waals surface area (Å²) in [6, 6.07) is 6.87. The zero-order valence-electron chi connectivity index (χ0n) is 21.0. The summed E-state index contributed by atoms with van der Waals surface area (Å²) in [5, 5.41) is 3.18. The number of nitrogens with zero attached hydrogens (tertiary/aromatic N) is 2. The normalized spacial score (nSPS) is 27.1. The Morgan fingerprint density at radius 2 is 1.83 bits per heavy atom. The minimum atomic E-state index is -0.500. The summed E-state index contributed by atoms with van der Waals surface area (Å²) in [5.41, 5.74) is 6.96. The van der Waals surface area contributed by atoms with E-state index < -0.39 is 6.04 Å².